The minimum absolute atomic E-state index is 0.604. The summed E-state index contributed by atoms with van der Waals surface area (Å²) in [7, 11) is 0. The molecule has 0 amide bonds. The van der Waals surface area contributed by atoms with Crippen molar-refractivity contribution in [2.75, 3.05) is 18.4 Å². The fraction of sp³-hybridized carbons (Fsp3) is 0.381. The summed E-state index contributed by atoms with van der Waals surface area (Å²) >= 11 is 11.5. The summed E-state index contributed by atoms with van der Waals surface area (Å²) in [5.41, 5.74) is 4.54. The number of halogens is 1. The molecule has 0 radical (unpaired) electrons. The molecular weight excluding hydrogens is 362 g/mol. The van der Waals surface area contributed by atoms with Gasteiger partial charge in [0, 0.05) is 23.8 Å². The van der Waals surface area contributed by atoms with Crippen molar-refractivity contribution in [3.05, 3.63) is 64.2 Å². The molecule has 1 aliphatic heterocycles. The van der Waals surface area contributed by atoms with Crippen molar-refractivity contribution >= 4 is 34.6 Å². The van der Waals surface area contributed by atoms with Gasteiger partial charge in [-0.2, -0.15) is 0 Å². The van der Waals surface area contributed by atoms with Crippen LogP contribution in [0.25, 0.3) is 0 Å². The largest absolute Gasteiger partial charge is 0.358 e. The highest BCUT2D eigenvalue weighted by molar-refractivity contribution is 7.80. The van der Waals surface area contributed by atoms with Crippen LogP contribution in [0.1, 0.15) is 36.0 Å². The first-order chi connectivity index (χ1) is 12.6. The minimum atomic E-state index is 0.604. The van der Waals surface area contributed by atoms with Gasteiger partial charge in [0.2, 0.25) is 0 Å². The number of anilines is 1. The molecule has 1 aliphatic rings. The molecule has 0 atom stereocenters. The van der Waals surface area contributed by atoms with E-state index in [-0.39, 0.29) is 0 Å². The van der Waals surface area contributed by atoms with Crippen LogP contribution in [0.5, 0.6) is 0 Å². The molecule has 1 saturated heterocycles. The Morgan fingerprint density at radius 2 is 1.73 bits per heavy atom. The number of piperidine rings is 1. The van der Waals surface area contributed by atoms with Gasteiger partial charge in [0.25, 0.3) is 0 Å². The monoisotopic (exact) mass is 387 g/mol. The van der Waals surface area contributed by atoms with Crippen molar-refractivity contribution in [3.8, 4) is 0 Å². The highest BCUT2D eigenvalue weighted by Gasteiger charge is 2.10. The summed E-state index contributed by atoms with van der Waals surface area (Å²) in [6, 6.07) is 14.6. The summed E-state index contributed by atoms with van der Waals surface area (Å²) in [5.74, 6) is 0. The van der Waals surface area contributed by atoms with E-state index >= 15 is 0 Å². The van der Waals surface area contributed by atoms with Crippen molar-refractivity contribution < 1.29 is 0 Å². The number of likely N-dealkylation sites (tertiary alicyclic amines) is 1. The number of thiocarbonyl (C=S) groups is 1. The van der Waals surface area contributed by atoms with E-state index in [9.17, 15) is 0 Å². The topological polar surface area (TPSA) is 27.3 Å². The first-order valence-corrected chi connectivity index (χ1v) is 10.0. The lowest BCUT2D eigenvalue weighted by atomic mass is 10.1. The van der Waals surface area contributed by atoms with Crippen LogP contribution in [0.2, 0.25) is 5.02 Å². The smallest absolute Gasteiger partial charge is 0.171 e. The lowest BCUT2D eigenvalue weighted by Gasteiger charge is -2.26. The Morgan fingerprint density at radius 1 is 1.04 bits per heavy atom. The standard InChI is InChI=1S/C21H26ClN3S/c1-16-19(22)6-5-7-20(16)24-21(26)23-14-17-8-10-18(11-9-17)15-25-12-3-2-4-13-25/h5-11H,2-4,12-15H2,1H3,(H2,23,24,26). The summed E-state index contributed by atoms with van der Waals surface area (Å²) in [6.07, 6.45) is 4.04. The fourth-order valence-electron chi connectivity index (χ4n) is 3.23. The molecule has 3 rings (SSSR count). The van der Waals surface area contributed by atoms with E-state index in [1.165, 1.54) is 43.5 Å². The summed E-state index contributed by atoms with van der Waals surface area (Å²) in [4.78, 5) is 2.54. The fourth-order valence-corrected chi connectivity index (χ4v) is 3.59. The second kappa shape index (κ2) is 9.36. The Balaban J connectivity index is 1.48. The molecule has 5 heteroatoms. The van der Waals surface area contributed by atoms with Gasteiger partial charge >= 0.3 is 0 Å². The number of nitrogens with zero attached hydrogens (tertiary/aromatic N) is 1. The van der Waals surface area contributed by atoms with Crippen LogP contribution in [-0.4, -0.2) is 23.1 Å². The van der Waals surface area contributed by atoms with Crippen molar-refractivity contribution in [2.45, 2.75) is 39.3 Å². The third kappa shape index (κ3) is 5.44. The van der Waals surface area contributed by atoms with Crippen molar-refractivity contribution in [2.24, 2.45) is 0 Å². The summed E-state index contributed by atoms with van der Waals surface area (Å²) in [6.45, 7) is 6.20. The van der Waals surface area contributed by atoms with Crippen LogP contribution in [0.3, 0.4) is 0 Å². The van der Waals surface area contributed by atoms with Gasteiger partial charge in [-0.3, -0.25) is 4.90 Å². The van der Waals surface area contributed by atoms with Crippen LogP contribution >= 0.6 is 23.8 Å². The molecular formula is C21H26ClN3S. The summed E-state index contributed by atoms with van der Waals surface area (Å²) < 4.78 is 0. The molecule has 0 aromatic heterocycles. The molecule has 0 unspecified atom stereocenters. The lowest BCUT2D eigenvalue weighted by Crippen LogP contribution is -2.29. The number of benzene rings is 2. The Kier molecular flexibility index (Phi) is 6.89. The SMILES string of the molecule is Cc1c(Cl)cccc1NC(=S)NCc1ccc(CN2CCCCC2)cc1. The predicted molar refractivity (Wildman–Crippen MR) is 115 cm³/mol. The van der Waals surface area contributed by atoms with Gasteiger partial charge in [-0.05, 0) is 73.9 Å². The Bertz CT molecular complexity index is 739. The van der Waals surface area contributed by atoms with E-state index in [1.807, 2.05) is 25.1 Å². The second-order valence-electron chi connectivity index (χ2n) is 6.87. The molecule has 1 heterocycles. The van der Waals surface area contributed by atoms with Crippen molar-refractivity contribution in [3.63, 3.8) is 0 Å². The van der Waals surface area contributed by atoms with E-state index in [0.29, 0.717) is 11.7 Å². The molecule has 0 saturated carbocycles. The predicted octanol–water partition coefficient (Wildman–Crippen LogP) is 5.12. The Labute approximate surface area is 166 Å². The maximum atomic E-state index is 6.15. The van der Waals surface area contributed by atoms with Crippen LogP contribution < -0.4 is 10.6 Å². The average molecular weight is 388 g/mol. The molecule has 2 N–H and O–H groups in total. The number of nitrogens with one attached hydrogen (secondary N) is 2. The molecule has 0 spiro atoms. The van der Waals surface area contributed by atoms with Gasteiger partial charge in [-0.1, -0.05) is 48.4 Å². The molecule has 0 aliphatic carbocycles. The quantitative estimate of drug-likeness (QED) is 0.696. The van der Waals surface area contributed by atoms with Crippen LogP contribution in [0, 0.1) is 6.92 Å². The van der Waals surface area contributed by atoms with E-state index in [2.05, 4.69) is 39.8 Å². The molecule has 138 valence electrons. The van der Waals surface area contributed by atoms with Gasteiger partial charge in [0.1, 0.15) is 0 Å². The molecule has 2 aromatic rings. The van der Waals surface area contributed by atoms with Crippen LogP contribution in [0.15, 0.2) is 42.5 Å². The third-order valence-corrected chi connectivity index (χ3v) is 5.50. The first kappa shape index (κ1) is 19.2. The van der Waals surface area contributed by atoms with Gasteiger partial charge in [-0.15, -0.1) is 0 Å². The highest BCUT2D eigenvalue weighted by Crippen LogP contribution is 2.22. The number of hydrogen-bond acceptors (Lipinski definition) is 2. The van der Waals surface area contributed by atoms with Crippen molar-refractivity contribution in [1.82, 2.24) is 10.2 Å². The van der Waals surface area contributed by atoms with E-state index in [0.717, 1.165) is 22.8 Å². The van der Waals surface area contributed by atoms with Gasteiger partial charge in [0.05, 0.1) is 0 Å². The molecule has 2 aromatic carbocycles. The van der Waals surface area contributed by atoms with E-state index < -0.39 is 0 Å². The maximum Gasteiger partial charge on any atom is 0.171 e. The van der Waals surface area contributed by atoms with E-state index in [4.69, 9.17) is 23.8 Å². The van der Waals surface area contributed by atoms with E-state index in [1.54, 1.807) is 0 Å². The van der Waals surface area contributed by atoms with Crippen LogP contribution in [0.4, 0.5) is 5.69 Å². The normalized spacial score (nSPS) is 14.8. The van der Waals surface area contributed by atoms with Gasteiger partial charge < -0.3 is 10.6 Å². The zero-order chi connectivity index (χ0) is 18.4. The van der Waals surface area contributed by atoms with Gasteiger partial charge in [0.15, 0.2) is 5.11 Å². The third-order valence-electron chi connectivity index (χ3n) is 4.85. The highest BCUT2D eigenvalue weighted by atomic mass is 35.5. The Hall–Kier alpha value is -1.62. The molecule has 3 nitrogen and oxygen atoms in total. The van der Waals surface area contributed by atoms with Crippen LogP contribution in [-0.2, 0) is 13.1 Å². The zero-order valence-corrected chi connectivity index (χ0v) is 16.8. The number of hydrogen-bond donors (Lipinski definition) is 2. The molecule has 26 heavy (non-hydrogen) atoms. The Morgan fingerprint density at radius 3 is 2.46 bits per heavy atom. The summed E-state index contributed by atoms with van der Waals surface area (Å²) in [5, 5.41) is 7.82. The lowest BCUT2D eigenvalue weighted by molar-refractivity contribution is 0.221. The maximum absolute atomic E-state index is 6.15. The zero-order valence-electron chi connectivity index (χ0n) is 15.2. The second-order valence-corrected chi connectivity index (χ2v) is 7.69. The average Bonchev–Trinajstić information content (AvgIpc) is 2.66. The number of rotatable bonds is 5. The first-order valence-electron chi connectivity index (χ1n) is 9.22. The van der Waals surface area contributed by atoms with Crippen molar-refractivity contribution in [1.29, 1.82) is 0 Å². The molecule has 1 fully saturated rings. The van der Waals surface area contributed by atoms with Gasteiger partial charge in [-0.25, -0.2) is 0 Å². The molecule has 0 bridgehead atoms. The minimum Gasteiger partial charge on any atom is -0.358 e.